The Hall–Kier alpha value is -2.12. The fourth-order valence-electron chi connectivity index (χ4n) is 2.46. The molecule has 7 heteroatoms. The number of hydrogen-bond donors (Lipinski definition) is 1. The number of nitrogen functional groups attached to an aromatic ring is 1. The van der Waals surface area contributed by atoms with E-state index in [-0.39, 0.29) is 17.2 Å². The molecule has 1 aromatic carbocycles. The van der Waals surface area contributed by atoms with Crippen LogP contribution in [0.15, 0.2) is 35.3 Å². The number of carbonyl (C=O) groups excluding carboxylic acids is 1. The van der Waals surface area contributed by atoms with Gasteiger partial charge in [0.15, 0.2) is 14.4 Å². The Kier molecular flexibility index (Phi) is 5.63. The molecule has 0 amide bonds. The maximum Gasteiger partial charge on any atom is 0.331 e. The van der Waals surface area contributed by atoms with Crippen molar-refractivity contribution >= 4 is 30.7 Å². The summed E-state index contributed by atoms with van der Waals surface area (Å²) in [7, 11) is -0.771. The number of fused-ring (bicyclic) bond motifs is 1. The SMILES string of the molecule is COC(=O)[C@@H](CO[Si](C)(C)C(C)(C)C)n1ccc2c(N)cccc2c1=O. The van der Waals surface area contributed by atoms with Crippen molar-refractivity contribution in [3.05, 3.63) is 40.8 Å². The highest BCUT2D eigenvalue weighted by atomic mass is 28.4. The number of nitrogens with zero attached hydrogens (tertiary/aromatic N) is 1. The van der Waals surface area contributed by atoms with Gasteiger partial charge >= 0.3 is 5.97 Å². The van der Waals surface area contributed by atoms with Crippen molar-refractivity contribution in [3.8, 4) is 0 Å². The summed E-state index contributed by atoms with van der Waals surface area (Å²) in [6.45, 7) is 10.7. The molecule has 0 aliphatic heterocycles. The Morgan fingerprint density at radius 2 is 1.88 bits per heavy atom. The zero-order valence-corrected chi connectivity index (χ0v) is 17.3. The highest BCUT2D eigenvalue weighted by Gasteiger charge is 2.38. The summed E-state index contributed by atoms with van der Waals surface area (Å²) >= 11 is 0. The number of benzene rings is 1. The number of esters is 1. The maximum absolute atomic E-state index is 12.9. The summed E-state index contributed by atoms with van der Waals surface area (Å²) in [5.74, 6) is -0.505. The van der Waals surface area contributed by atoms with Gasteiger partial charge in [-0.3, -0.25) is 9.36 Å². The lowest BCUT2D eigenvalue weighted by molar-refractivity contribution is -0.145. The third-order valence-corrected chi connectivity index (χ3v) is 9.72. The Bertz CT molecular complexity index is 868. The minimum Gasteiger partial charge on any atom is -0.467 e. The predicted octanol–water partition coefficient (Wildman–Crippen LogP) is 3.32. The minimum absolute atomic E-state index is 0.00351. The second kappa shape index (κ2) is 7.24. The van der Waals surface area contributed by atoms with Gasteiger partial charge in [-0.15, -0.1) is 0 Å². The monoisotopic (exact) mass is 376 g/mol. The summed E-state index contributed by atoms with van der Waals surface area (Å²) in [6, 6.07) is 6.07. The molecular weight excluding hydrogens is 348 g/mol. The summed E-state index contributed by atoms with van der Waals surface area (Å²) in [5, 5.41) is 1.13. The highest BCUT2D eigenvalue weighted by molar-refractivity contribution is 6.74. The van der Waals surface area contributed by atoms with Crippen LogP contribution in [0.2, 0.25) is 18.1 Å². The van der Waals surface area contributed by atoms with Crippen molar-refractivity contribution in [2.45, 2.75) is 44.9 Å². The predicted molar refractivity (Wildman–Crippen MR) is 107 cm³/mol. The van der Waals surface area contributed by atoms with Crippen LogP contribution in [0.1, 0.15) is 26.8 Å². The molecule has 0 saturated heterocycles. The number of ether oxygens (including phenoxy) is 1. The molecule has 6 nitrogen and oxygen atoms in total. The maximum atomic E-state index is 12.9. The fraction of sp³-hybridized carbons (Fsp3) is 0.474. The number of rotatable bonds is 5. The van der Waals surface area contributed by atoms with Crippen LogP contribution in [-0.4, -0.2) is 32.6 Å². The summed E-state index contributed by atoms with van der Waals surface area (Å²) in [4.78, 5) is 25.3. The molecule has 0 fully saturated rings. The Morgan fingerprint density at radius 1 is 1.23 bits per heavy atom. The van der Waals surface area contributed by atoms with E-state index in [0.717, 1.165) is 0 Å². The third-order valence-electron chi connectivity index (χ3n) is 5.22. The van der Waals surface area contributed by atoms with Gasteiger partial charge in [0.1, 0.15) is 0 Å². The van der Waals surface area contributed by atoms with Crippen LogP contribution >= 0.6 is 0 Å². The number of pyridine rings is 1. The molecule has 0 spiro atoms. The lowest BCUT2D eigenvalue weighted by Crippen LogP contribution is -2.44. The molecule has 0 aliphatic carbocycles. The first kappa shape index (κ1) is 20.2. The Morgan fingerprint density at radius 3 is 2.46 bits per heavy atom. The van der Waals surface area contributed by atoms with Crippen LogP contribution in [-0.2, 0) is 14.0 Å². The van der Waals surface area contributed by atoms with Crippen LogP contribution < -0.4 is 11.3 Å². The zero-order valence-electron chi connectivity index (χ0n) is 16.3. The van der Waals surface area contributed by atoms with E-state index in [1.54, 1.807) is 30.5 Å². The molecule has 0 radical (unpaired) electrons. The largest absolute Gasteiger partial charge is 0.467 e. The zero-order chi connectivity index (χ0) is 19.7. The van der Waals surface area contributed by atoms with Gasteiger partial charge in [-0.05, 0) is 36.3 Å². The fourth-order valence-corrected chi connectivity index (χ4v) is 3.47. The molecule has 0 unspecified atom stereocenters. The van der Waals surface area contributed by atoms with Crippen molar-refractivity contribution in [2.24, 2.45) is 0 Å². The van der Waals surface area contributed by atoms with Gasteiger partial charge in [-0.1, -0.05) is 26.8 Å². The summed E-state index contributed by atoms with van der Waals surface area (Å²) in [5.41, 5.74) is 6.18. The average Bonchev–Trinajstić information content (AvgIpc) is 2.56. The van der Waals surface area contributed by atoms with E-state index in [2.05, 4.69) is 33.9 Å². The topological polar surface area (TPSA) is 83.6 Å². The molecule has 2 N–H and O–H groups in total. The second-order valence-electron chi connectivity index (χ2n) is 7.95. The smallest absolute Gasteiger partial charge is 0.331 e. The number of aromatic nitrogens is 1. The van der Waals surface area contributed by atoms with Crippen molar-refractivity contribution in [2.75, 3.05) is 19.5 Å². The summed E-state index contributed by atoms with van der Waals surface area (Å²) < 4.78 is 12.5. The van der Waals surface area contributed by atoms with E-state index < -0.39 is 20.3 Å². The minimum atomic E-state index is -2.08. The lowest BCUT2D eigenvalue weighted by atomic mass is 10.1. The number of carbonyl (C=O) groups is 1. The van der Waals surface area contributed by atoms with E-state index in [1.807, 2.05) is 0 Å². The number of nitrogens with two attached hydrogens (primary N) is 1. The van der Waals surface area contributed by atoms with Gasteiger partial charge in [0.2, 0.25) is 0 Å². The summed E-state index contributed by atoms with van der Waals surface area (Å²) in [6.07, 6.45) is 1.58. The van der Waals surface area contributed by atoms with E-state index in [9.17, 15) is 9.59 Å². The molecule has 26 heavy (non-hydrogen) atoms. The van der Waals surface area contributed by atoms with Crippen LogP contribution in [0.5, 0.6) is 0 Å². The Balaban J connectivity index is 2.46. The molecule has 2 rings (SSSR count). The van der Waals surface area contributed by atoms with Gasteiger partial charge in [-0.25, -0.2) is 4.79 Å². The van der Waals surface area contributed by atoms with Gasteiger partial charge < -0.3 is 14.9 Å². The molecule has 0 saturated carbocycles. The standard InChI is InChI=1S/C19H28N2O4Si/c1-19(2,3)26(5,6)25-12-16(18(23)24-4)21-11-10-13-14(17(21)22)8-7-9-15(13)20/h7-11,16H,12,20H2,1-6H3/t16-/m1/s1. The van der Waals surface area contributed by atoms with Crippen molar-refractivity contribution in [3.63, 3.8) is 0 Å². The van der Waals surface area contributed by atoms with Crippen molar-refractivity contribution in [1.29, 1.82) is 0 Å². The van der Waals surface area contributed by atoms with E-state index in [4.69, 9.17) is 14.9 Å². The molecule has 2 aromatic rings. The number of anilines is 1. The second-order valence-corrected chi connectivity index (χ2v) is 12.8. The quantitative estimate of drug-likeness (QED) is 0.492. The average molecular weight is 377 g/mol. The third kappa shape index (κ3) is 3.83. The van der Waals surface area contributed by atoms with Crippen LogP contribution in [0.4, 0.5) is 5.69 Å². The molecule has 1 aromatic heterocycles. The molecule has 1 atom stereocenters. The van der Waals surface area contributed by atoms with Gasteiger partial charge in [0.25, 0.3) is 5.56 Å². The van der Waals surface area contributed by atoms with E-state index >= 15 is 0 Å². The molecular formula is C19H28N2O4Si. The van der Waals surface area contributed by atoms with Gasteiger partial charge in [0, 0.05) is 22.7 Å². The Labute approximate surface area is 155 Å². The first-order valence-corrected chi connectivity index (χ1v) is 11.5. The van der Waals surface area contributed by atoms with E-state index in [1.165, 1.54) is 11.7 Å². The number of methoxy groups -OCH3 is 1. The van der Waals surface area contributed by atoms with Crippen molar-refractivity contribution < 1.29 is 14.0 Å². The molecule has 1 heterocycles. The van der Waals surface area contributed by atoms with Crippen LogP contribution in [0, 0.1) is 0 Å². The number of hydrogen-bond acceptors (Lipinski definition) is 5. The lowest BCUT2D eigenvalue weighted by Gasteiger charge is -2.37. The van der Waals surface area contributed by atoms with Gasteiger partial charge in [-0.2, -0.15) is 0 Å². The van der Waals surface area contributed by atoms with Gasteiger partial charge in [0.05, 0.1) is 13.7 Å². The molecule has 0 bridgehead atoms. The van der Waals surface area contributed by atoms with Crippen LogP contribution in [0.25, 0.3) is 10.8 Å². The normalized spacial score (nSPS) is 13.6. The highest BCUT2D eigenvalue weighted by Crippen LogP contribution is 2.37. The molecule has 142 valence electrons. The molecule has 0 aliphatic rings. The van der Waals surface area contributed by atoms with Crippen molar-refractivity contribution in [1.82, 2.24) is 4.57 Å². The van der Waals surface area contributed by atoms with E-state index in [0.29, 0.717) is 16.5 Å². The first-order chi connectivity index (χ1) is 12.0. The van der Waals surface area contributed by atoms with Crippen LogP contribution in [0.3, 0.4) is 0 Å². The first-order valence-electron chi connectivity index (χ1n) is 8.61.